The van der Waals surface area contributed by atoms with E-state index in [9.17, 15) is 0 Å². The third kappa shape index (κ3) is 2.88. The average molecular weight is 220 g/mol. The van der Waals surface area contributed by atoms with E-state index >= 15 is 0 Å². The standard InChI is InChI=1S/C14H24N2/c1-12(13-7-4-3-5-8-13)15-11-14-9-6-10-16(14)2/h6,9-10,12-13,15H,3-5,7-8,11H2,1-2H3/t12-/m0/s1. The zero-order valence-electron chi connectivity index (χ0n) is 10.6. The summed E-state index contributed by atoms with van der Waals surface area (Å²) in [5.74, 6) is 0.897. The summed E-state index contributed by atoms with van der Waals surface area (Å²) in [7, 11) is 2.11. The molecule has 16 heavy (non-hydrogen) atoms. The molecule has 1 heterocycles. The molecule has 2 heteroatoms. The number of aryl methyl sites for hydroxylation is 1. The van der Waals surface area contributed by atoms with Crippen LogP contribution in [-0.2, 0) is 13.6 Å². The summed E-state index contributed by atoms with van der Waals surface area (Å²) in [6.45, 7) is 3.35. The van der Waals surface area contributed by atoms with Crippen molar-refractivity contribution in [3.63, 3.8) is 0 Å². The second-order valence-electron chi connectivity index (χ2n) is 5.18. The van der Waals surface area contributed by atoms with Gasteiger partial charge in [0, 0.05) is 31.5 Å². The molecular formula is C14H24N2. The molecule has 0 amide bonds. The highest BCUT2D eigenvalue weighted by Crippen LogP contribution is 2.26. The van der Waals surface area contributed by atoms with Crippen LogP contribution in [0.15, 0.2) is 18.3 Å². The molecule has 0 unspecified atom stereocenters. The summed E-state index contributed by atoms with van der Waals surface area (Å²) in [5.41, 5.74) is 1.38. The lowest BCUT2D eigenvalue weighted by molar-refractivity contribution is 0.279. The van der Waals surface area contributed by atoms with Gasteiger partial charge in [-0.15, -0.1) is 0 Å². The van der Waals surface area contributed by atoms with Gasteiger partial charge in [0.25, 0.3) is 0 Å². The Morgan fingerprint density at radius 1 is 1.38 bits per heavy atom. The molecule has 1 aromatic heterocycles. The second kappa shape index (κ2) is 5.53. The van der Waals surface area contributed by atoms with Crippen LogP contribution in [0.4, 0.5) is 0 Å². The average Bonchev–Trinajstić information content (AvgIpc) is 2.73. The maximum atomic E-state index is 3.67. The summed E-state index contributed by atoms with van der Waals surface area (Å²) in [5, 5.41) is 3.67. The van der Waals surface area contributed by atoms with Gasteiger partial charge >= 0.3 is 0 Å². The minimum atomic E-state index is 0.662. The van der Waals surface area contributed by atoms with Crippen molar-refractivity contribution in [2.24, 2.45) is 13.0 Å². The minimum Gasteiger partial charge on any atom is -0.353 e. The van der Waals surface area contributed by atoms with E-state index < -0.39 is 0 Å². The number of nitrogens with zero attached hydrogens (tertiary/aromatic N) is 1. The fraction of sp³-hybridized carbons (Fsp3) is 0.714. The lowest BCUT2D eigenvalue weighted by Gasteiger charge is -2.28. The predicted octanol–water partition coefficient (Wildman–Crippen LogP) is 3.08. The first-order chi connectivity index (χ1) is 7.77. The fourth-order valence-corrected chi connectivity index (χ4v) is 2.75. The molecule has 1 N–H and O–H groups in total. The van der Waals surface area contributed by atoms with E-state index in [1.165, 1.54) is 37.8 Å². The molecule has 0 bridgehead atoms. The molecule has 90 valence electrons. The predicted molar refractivity (Wildman–Crippen MR) is 68.3 cm³/mol. The molecular weight excluding hydrogens is 196 g/mol. The third-order valence-electron chi connectivity index (χ3n) is 4.01. The molecule has 1 fully saturated rings. The Kier molecular flexibility index (Phi) is 4.05. The smallest absolute Gasteiger partial charge is 0.0361 e. The van der Waals surface area contributed by atoms with E-state index in [2.05, 4.69) is 42.2 Å². The molecule has 0 aromatic carbocycles. The largest absolute Gasteiger partial charge is 0.353 e. The van der Waals surface area contributed by atoms with E-state index in [1.807, 2.05) is 0 Å². The summed E-state index contributed by atoms with van der Waals surface area (Å²) >= 11 is 0. The molecule has 1 saturated carbocycles. The molecule has 2 rings (SSSR count). The summed E-state index contributed by atoms with van der Waals surface area (Å²) in [4.78, 5) is 0. The lowest BCUT2D eigenvalue weighted by atomic mass is 9.84. The first kappa shape index (κ1) is 11.7. The van der Waals surface area contributed by atoms with Gasteiger partial charge in [-0.2, -0.15) is 0 Å². The van der Waals surface area contributed by atoms with Crippen LogP contribution in [0.5, 0.6) is 0 Å². The Bertz CT molecular complexity index is 310. The van der Waals surface area contributed by atoms with Crippen LogP contribution in [-0.4, -0.2) is 10.6 Å². The zero-order valence-corrected chi connectivity index (χ0v) is 10.6. The Morgan fingerprint density at radius 2 is 2.12 bits per heavy atom. The van der Waals surface area contributed by atoms with Crippen molar-refractivity contribution in [2.75, 3.05) is 0 Å². The van der Waals surface area contributed by atoms with Crippen LogP contribution in [0, 0.1) is 5.92 Å². The highest BCUT2D eigenvalue weighted by molar-refractivity contribution is 5.06. The second-order valence-corrected chi connectivity index (χ2v) is 5.18. The molecule has 1 aliphatic carbocycles. The van der Waals surface area contributed by atoms with E-state index in [-0.39, 0.29) is 0 Å². The van der Waals surface area contributed by atoms with Gasteiger partial charge in [0.15, 0.2) is 0 Å². The van der Waals surface area contributed by atoms with Gasteiger partial charge in [0.05, 0.1) is 0 Å². The van der Waals surface area contributed by atoms with E-state index in [0.29, 0.717) is 6.04 Å². The molecule has 2 nitrogen and oxygen atoms in total. The van der Waals surface area contributed by atoms with Crippen molar-refractivity contribution in [2.45, 2.75) is 51.6 Å². The fourth-order valence-electron chi connectivity index (χ4n) is 2.75. The van der Waals surface area contributed by atoms with Crippen molar-refractivity contribution in [3.05, 3.63) is 24.0 Å². The number of hydrogen-bond donors (Lipinski definition) is 1. The molecule has 1 aromatic rings. The Morgan fingerprint density at radius 3 is 2.75 bits per heavy atom. The van der Waals surface area contributed by atoms with Crippen molar-refractivity contribution in [3.8, 4) is 0 Å². The van der Waals surface area contributed by atoms with Crippen LogP contribution >= 0.6 is 0 Å². The Hall–Kier alpha value is -0.760. The molecule has 1 aliphatic rings. The van der Waals surface area contributed by atoms with Crippen LogP contribution in [0.2, 0.25) is 0 Å². The molecule has 0 spiro atoms. The van der Waals surface area contributed by atoms with Gasteiger partial charge < -0.3 is 9.88 Å². The SMILES string of the molecule is C[C@H](NCc1cccn1C)C1CCCCC1. The highest BCUT2D eigenvalue weighted by atomic mass is 15.0. The van der Waals surface area contributed by atoms with Gasteiger partial charge in [-0.1, -0.05) is 19.3 Å². The topological polar surface area (TPSA) is 17.0 Å². The maximum absolute atomic E-state index is 3.67. The van der Waals surface area contributed by atoms with Crippen LogP contribution in [0.25, 0.3) is 0 Å². The van der Waals surface area contributed by atoms with Gasteiger partial charge in [0.1, 0.15) is 0 Å². The van der Waals surface area contributed by atoms with Crippen molar-refractivity contribution < 1.29 is 0 Å². The van der Waals surface area contributed by atoms with Gasteiger partial charge in [-0.3, -0.25) is 0 Å². The number of aromatic nitrogens is 1. The highest BCUT2D eigenvalue weighted by Gasteiger charge is 2.19. The van der Waals surface area contributed by atoms with Crippen LogP contribution in [0.3, 0.4) is 0 Å². The quantitative estimate of drug-likeness (QED) is 0.825. The third-order valence-corrected chi connectivity index (χ3v) is 4.01. The van der Waals surface area contributed by atoms with Gasteiger partial charge in [-0.05, 0) is 37.8 Å². The first-order valence-corrected chi connectivity index (χ1v) is 6.61. The van der Waals surface area contributed by atoms with Crippen molar-refractivity contribution >= 4 is 0 Å². The lowest BCUT2D eigenvalue weighted by Crippen LogP contribution is -2.34. The summed E-state index contributed by atoms with van der Waals surface area (Å²) in [6.07, 6.45) is 9.26. The molecule has 0 saturated heterocycles. The molecule has 0 radical (unpaired) electrons. The van der Waals surface area contributed by atoms with Gasteiger partial charge in [-0.25, -0.2) is 0 Å². The number of nitrogens with one attached hydrogen (secondary N) is 1. The summed E-state index contributed by atoms with van der Waals surface area (Å²) < 4.78 is 2.20. The summed E-state index contributed by atoms with van der Waals surface area (Å²) in [6, 6.07) is 4.97. The van der Waals surface area contributed by atoms with Crippen molar-refractivity contribution in [1.29, 1.82) is 0 Å². The molecule has 0 aliphatic heterocycles. The van der Waals surface area contributed by atoms with E-state index in [4.69, 9.17) is 0 Å². The van der Waals surface area contributed by atoms with E-state index in [0.717, 1.165) is 12.5 Å². The maximum Gasteiger partial charge on any atom is 0.0361 e. The normalized spacial score (nSPS) is 19.9. The monoisotopic (exact) mass is 220 g/mol. The number of hydrogen-bond acceptors (Lipinski definition) is 1. The van der Waals surface area contributed by atoms with Crippen LogP contribution in [0.1, 0.15) is 44.7 Å². The minimum absolute atomic E-state index is 0.662. The Balaban J connectivity index is 1.78. The molecule has 1 atom stereocenters. The van der Waals surface area contributed by atoms with E-state index in [1.54, 1.807) is 0 Å². The first-order valence-electron chi connectivity index (χ1n) is 6.61. The Labute approximate surface area is 99.0 Å². The van der Waals surface area contributed by atoms with Crippen molar-refractivity contribution in [1.82, 2.24) is 9.88 Å². The van der Waals surface area contributed by atoms with Gasteiger partial charge in [0.2, 0.25) is 0 Å². The van der Waals surface area contributed by atoms with Crippen LogP contribution < -0.4 is 5.32 Å². The number of rotatable bonds is 4. The zero-order chi connectivity index (χ0) is 11.4.